The highest BCUT2D eigenvalue weighted by Crippen LogP contribution is 2.21. The van der Waals surface area contributed by atoms with E-state index < -0.39 is 5.97 Å². The quantitative estimate of drug-likeness (QED) is 0.610. The van der Waals surface area contributed by atoms with E-state index in [2.05, 4.69) is 31.0 Å². The van der Waals surface area contributed by atoms with Gasteiger partial charge in [-0.05, 0) is 57.6 Å². The van der Waals surface area contributed by atoms with E-state index in [4.69, 9.17) is 5.73 Å². The number of rotatable bonds is 9. The lowest BCUT2D eigenvalue weighted by atomic mass is 10.1. The molecule has 1 atom stereocenters. The van der Waals surface area contributed by atoms with Crippen LogP contribution in [0.5, 0.6) is 0 Å². The van der Waals surface area contributed by atoms with Crippen LogP contribution in [0, 0.1) is 0 Å². The summed E-state index contributed by atoms with van der Waals surface area (Å²) in [6.45, 7) is 9.60. The third kappa shape index (κ3) is 5.63. The molecule has 0 fully saturated rings. The molecule has 0 saturated carbocycles. The highest BCUT2D eigenvalue weighted by Gasteiger charge is 2.12. The summed E-state index contributed by atoms with van der Waals surface area (Å²) < 4.78 is 0. The largest absolute Gasteiger partial charge is 0.478 e. The van der Waals surface area contributed by atoms with Gasteiger partial charge in [-0.1, -0.05) is 13.8 Å². The number of aromatic carboxylic acids is 1. The summed E-state index contributed by atoms with van der Waals surface area (Å²) in [4.78, 5) is 13.6. The van der Waals surface area contributed by atoms with Crippen LogP contribution in [0.2, 0.25) is 0 Å². The highest BCUT2D eigenvalue weighted by molar-refractivity contribution is 5.95. The van der Waals surface area contributed by atoms with Crippen molar-refractivity contribution in [1.29, 1.82) is 0 Å². The molecule has 0 aromatic heterocycles. The maximum Gasteiger partial charge on any atom is 0.337 e. The minimum Gasteiger partial charge on any atom is -0.478 e. The summed E-state index contributed by atoms with van der Waals surface area (Å²) >= 11 is 0. The summed E-state index contributed by atoms with van der Waals surface area (Å²) in [6.07, 6.45) is 2.07. The molecule has 0 aliphatic rings. The molecule has 5 nitrogen and oxygen atoms in total. The molecule has 1 rings (SSSR count). The lowest BCUT2D eigenvalue weighted by Gasteiger charge is -2.21. The van der Waals surface area contributed by atoms with E-state index in [-0.39, 0.29) is 11.6 Å². The second-order valence-electron chi connectivity index (χ2n) is 5.32. The van der Waals surface area contributed by atoms with Crippen LogP contribution < -0.4 is 11.1 Å². The standard InChI is InChI=1S/C16H27N3O2/c1-4-19(5-2)10-6-7-12(3)18-15-11-13(17)8-9-14(15)16(20)21/h8-9,11-12,18H,4-7,10,17H2,1-3H3,(H,20,21). The summed E-state index contributed by atoms with van der Waals surface area (Å²) in [6, 6.07) is 5.05. The van der Waals surface area contributed by atoms with Crippen molar-refractivity contribution < 1.29 is 9.90 Å². The zero-order chi connectivity index (χ0) is 15.8. The van der Waals surface area contributed by atoms with Crippen molar-refractivity contribution >= 4 is 17.3 Å². The van der Waals surface area contributed by atoms with Gasteiger partial charge in [-0.25, -0.2) is 4.79 Å². The van der Waals surface area contributed by atoms with Crippen molar-refractivity contribution in [1.82, 2.24) is 4.90 Å². The van der Waals surface area contributed by atoms with E-state index in [1.54, 1.807) is 18.2 Å². The lowest BCUT2D eigenvalue weighted by Crippen LogP contribution is -2.26. The zero-order valence-corrected chi connectivity index (χ0v) is 13.2. The zero-order valence-electron chi connectivity index (χ0n) is 13.2. The summed E-state index contributed by atoms with van der Waals surface area (Å²) in [5.41, 5.74) is 7.17. The lowest BCUT2D eigenvalue weighted by molar-refractivity contribution is 0.0698. The maximum absolute atomic E-state index is 11.2. The Balaban J connectivity index is 2.56. The molecule has 1 aromatic carbocycles. The SMILES string of the molecule is CCN(CC)CCCC(C)Nc1cc(N)ccc1C(=O)O. The number of carboxylic acid groups (broad SMARTS) is 1. The smallest absolute Gasteiger partial charge is 0.337 e. The molecule has 0 saturated heterocycles. The summed E-state index contributed by atoms with van der Waals surface area (Å²) in [5.74, 6) is -0.937. The first-order valence-corrected chi connectivity index (χ1v) is 7.59. The minimum atomic E-state index is -0.937. The van der Waals surface area contributed by atoms with E-state index in [1.807, 2.05) is 0 Å². The van der Waals surface area contributed by atoms with Crippen molar-refractivity contribution in [2.75, 3.05) is 30.7 Å². The first-order chi connectivity index (χ1) is 9.97. The molecule has 0 aliphatic carbocycles. The van der Waals surface area contributed by atoms with Crippen molar-refractivity contribution in [3.63, 3.8) is 0 Å². The van der Waals surface area contributed by atoms with Gasteiger partial charge in [0.2, 0.25) is 0 Å². The number of nitrogen functional groups attached to an aromatic ring is 1. The molecule has 1 unspecified atom stereocenters. The number of hydrogen-bond donors (Lipinski definition) is 3. The molecule has 5 heteroatoms. The molecule has 0 amide bonds. The van der Waals surface area contributed by atoms with Crippen LogP contribution in [0.15, 0.2) is 18.2 Å². The molecule has 0 heterocycles. The number of nitrogens with two attached hydrogens (primary N) is 1. The van der Waals surface area contributed by atoms with E-state index in [0.29, 0.717) is 11.4 Å². The van der Waals surface area contributed by atoms with Crippen LogP contribution in [-0.2, 0) is 0 Å². The fraction of sp³-hybridized carbons (Fsp3) is 0.562. The Hall–Kier alpha value is -1.75. The van der Waals surface area contributed by atoms with Crippen LogP contribution in [0.25, 0.3) is 0 Å². The molecule has 4 N–H and O–H groups in total. The van der Waals surface area contributed by atoms with Gasteiger partial charge >= 0.3 is 5.97 Å². The predicted octanol–water partition coefficient (Wildman–Crippen LogP) is 2.89. The molecule has 0 spiro atoms. The molecule has 0 radical (unpaired) electrons. The predicted molar refractivity (Wildman–Crippen MR) is 87.9 cm³/mol. The van der Waals surface area contributed by atoms with Crippen molar-refractivity contribution in [2.45, 2.75) is 39.7 Å². The van der Waals surface area contributed by atoms with Crippen LogP contribution in [0.3, 0.4) is 0 Å². The molecular weight excluding hydrogens is 266 g/mol. The third-order valence-corrected chi connectivity index (χ3v) is 3.68. The fourth-order valence-electron chi connectivity index (χ4n) is 2.37. The summed E-state index contributed by atoms with van der Waals surface area (Å²) in [5, 5.41) is 12.5. The van der Waals surface area contributed by atoms with Gasteiger partial charge in [0.05, 0.1) is 11.3 Å². The topological polar surface area (TPSA) is 78.6 Å². The van der Waals surface area contributed by atoms with Gasteiger partial charge in [-0.3, -0.25) is 0 Å². The van der Waals surface area contributed by atoms with Crippen LogP contribution >= 0.6 is 0 Å². The van der Waals surface area contributed by atoms with Gasteiger partial charge in [0.1, 0.15) is 0 Å². The Kier molecular flexibility index (Phi) is 7.02. The van der Waals surface area contributed by atoms with Gasteiger partial charge in [0.15, 0.2) is 0 Å². The summed E-state index contributed by atoms with van der Waals surface area (Å²) in [7, 11) is 0. The molecule has 0 bridgehead atoms. The Morgan fingerprint density at radius 3 is 2.62 bits per heavy atom. The third-order valence-electron chi connectivity index (χ3n) is 3.68. The second kappa shape index (κ2) is 8.52. The Morgan fingerprint density at radius 1 is 1.38 bits per heavy atom. The first-order valence-electron chi connectivity index (χ1n) is 7.59. The van der Waals surface area contributed by atoms with E-state index in [1.165, 1.54) is 0 Å². The minimum absolute atomic E-state index is 0.209. The average Bonchev–Trinajstić information content (AvgIpc) is 2.43. The number of anilines is 2. The van der Waals surface area contributed by atoms with Gasteiger partial charge < -0.3 is 21.1 Å². The molecule has 0 aliphatic heterocycles. The van der Waals surface area contributed by atoms with Gasteiger partial charge in [0.25, 0.3) is 0 Å². The molecule has 118 valence electrons. The number of nitrogens with zero attached hydrogens (tertiary/aromatic N) is 1. The molecule has 21 heavy (non-hydrogen) atoms. The highest BCUT2D eigenvalue weighted by atomic mass is 16.4. The fourth-order valence-corrected chi connectivity index (χ4v) is 2.37. The Morgan fingerprint density at radius 2 is 2.05 bits per heavy atom. The van der Waals surface area contributed by atoms with Gasteiger partial charge in [-0.2, -0.15) is 0 Å². The van der Waals surface area contributed by atoms with E-state index in [0.717, 1.165) is 32.5 Å². The second-order valence-corrected chi connectivity index (χ2v) is 5.32. The first kappa shape index (κ1) is 17.3. The average molecular weight is 293 g/mol. The maximum atomic E-state index is 11.2. The monoisotopic (exact) mass is 293 g/mol. The molecule has 1 aromatic rings. The number of benzene rings is 1. The number of carbonyl (C=O) groups is 1. The Labute approximate surface area is 127 Å². The van der Waals surface area contributed by atoms with E-state index in [9.17, 15) is 9.90 Å². The van der Waals surface area contributed by atoms with E-state index >= 15 is 0 Å². The van der Waals surface area contributed by atoms with Gasteiger partial charge in [0, 0.05) is 11.7 Å². The normalized spacial score (nSPS) is 12.4. The van der Waals surface area contributed by atoms with Gasteiger partial charge in [-0.15, -0.1) is 0 Å². The Bertz CT molecular complexity index is 459. The number of nitrogens with one attached hydrogen (secondary N) is 1. The van der Waals surface area contributed by atoms with Crippen LogP contribution in [-0.4, -0.2) is 41.7 Å². The van der Waals surface area contributed by atoms with Crippen LogP contribution in [0.1, 0.15) is 44.0 Å². The van der Waals surface area contributed by atoms with Crippen LogP contribution in [0.4, 0.5) is 11.4 Å². The number of hydrogen-bond acceptors (Lipinski definition) is 4. The number of carboxylic acids is 1. The molecular formula is C16H27N3O2. The van der Waals surface area contributed by atoms with Crippen molar-refractivity contribution in [3.05, 3.63) is 23.8 Å². The van der Waals surface area contributed by atoms with Crippen molar-refractivity contribution in [3.8, 4) is 0 Å². The van der Waals surface area contributed by atoms with Crippen molar-refractivity contribution in [2.24, 2.45) is 0 Å².